The van der Waals surface area contributed by atoms with Crippen molar-refractivity contribution in [2.24, 2.45) is 0 Å². The second kappa shape index (κ2) is 3.18. The molecule has 12 heavy (non-hydrogen) atoms. The fourth-order valence-corrected chi connectivity index (χ4v) is 2.80. The SMILES string of the molecule is Nc1c[se]c(-c2ccccc2)c1. The summed E-state index contributed by atoms with van der Waals surface area (Å²) in [6, 6.07) is 12.5. The molecule has 0 bridgehead atoms. The van der Waals surface area contributed by atoms with Gasteiger partial charge in [-0.3, -0.25) is 0 Å². The van der Waals surface area contributed by atoms with Crippen molar-refractivity contribution >= 4 is 20.2 Å². The monoisotopic (exact) mass is 223 g/mol. The van der Waals surface area contributed by atoms with E-state index >= 15 is 0 Å². The van der Waals surface area contributed by atoms with E-state index in [0.717, 1.165) is 5.69 Å². The van der Waals surface area contributed by atoms with Gasteiger partial charge in [0.2, 0.25) is 0 Å². The number of rotatable bonds is 1. The first-order chi connectivity index (χ1) is 5.86. The van der Waals surface area contributed by atoms with E-state index in [-0.39, 0.29) is 0 Å². The van der Waals surface area contributed by atoms with Gasteiger partial charge in [-0.15, -0.1) is 0 Å². The fourth-order valence-electron chi connectivity index (χ4n) is 1.10. The third-order valence-corrected chi connectivity index (χ3v) is 3.77. The molecule has 0 atom stereocenters. The summed E-state index contributed by atoms with van der Waals surface area (Å²) in [7, 11) is 0. The van der Waals surface area contributed by atoms with Crippen LogP contribution in [0.2, 0.25) is 0 Å². The van der Waals surface area contributed by atoms with Crippen LogP contribution in [0.15, 0.2) is 41.3 Å². The van der Waals surface area contributed by atoms with Crippen LogP contribution in [0.4, 0.5) is 5.69 Å². The molecule has 1 nitrogen and oxygen atoms in total. The summed E-state index contributed by atoms with van der Waals surface area (Å²) in [5, 5.41) is 0. The molecule has 1 aromatic heterocycles. The maximum absolute atomic E-state index is 5.66. The van der Waals surface area contributed by atoms with Crippen molar-refractivity contribution in [3.63, 3.8) is 0 Å². The average molecular weight is 222 g/mol. The molecule has 0 saturated heterocycles. The van der Waals surface area contributed by atoms with Crippen molar-refractivity contribution in [2.75, 3.05) is 5.73 Å². The molecule has 1 aromatic carbocycles. The molecule has 0 unspecified atom stereocenters. The predicted octanol–water partition coefficient (Wildman–Crippen LogP) is 1.99. The first-order valence-electron chi connectivity index (χ1n) is 3.76. The number of nitrogen functional groups attached to an aromatic ring is 1. The molecule has 0 aliphatic rings. The first-order valence-corrected chi connectivity index (χ1v) is 5.60. The Morgan fingerprint density at radius 3 is 2.42 bits per heavy atom. The van der Waals surface area contributed by atoms with Crippen LogP contribution < -0.4 is 5.73 Å². The Hall–Kier alpha value is -0.981. The van der Waals surface area contributed by atoms with Crippen LogP contribution in [0.3, 0.4) is 0 Å². The second-order valence-electron chi connectivity index (χ2n) is 2.61. The van der Waals surface area contributed by atoms with Crippen molar-refractivity contribution in [1.82, 2.24) is 0 Å². The summed E-state index contributed by atoms with van der Waals surface area (Å²) in [5.41, 5.74) is 7.87. The first kappa shape index (κ1) is 7.66. The van der Waals surface area contributed by atoms with Gasteiger partial charge in [0.25, 0.3) is 0 Å². The van der Waals surface area contributed by atoms with Crippen LogP contribution in [-0.2, 0) is 0 Å². The van der Waals surface area contributed by atoms with E-state index in [2.05, 4.69) is 35.3 Å². The van der Waals surface area contributed by atoms with E-state index in [4.69, 9.17) is 5.73 Å². The van der Waals surface area contributed by atoms with Crippen LogP contribution >= 0.6 is 0 Å². The molecule has 0 saturated carbocycles. The third-order valence-electron chi connectivity index (χ3n) is 1.68. The number of hydrogen-bond donors (Lipinski definition) is 1. The van der Waals surface area contributed by atoms with E-state index in [9.17, 15) is 0 Å². The number of anilines is 1. The minimum absolute atomic E-state index is 0.436. The maximum atomic E-state index is 5.66. The summed E-state index contributed by atoms with van der Waals surface area (Å²) in [4.78, 5) is 2.11. The molecule has 2 rings (SSSR count). The van der Waals surface area contributed by atoms with Crippen LogP contribution in [0.25, 0.3) is 10.0 Å². The molecule has 0 radical (unpaired) electrons. The molecule has 0 fully saturated rings. The quantitative estimate of drug-likeness (QED) is 0.733. The summed E-state index contributed by atoms with van der Waals surface area (Å²) in [6.07, 6.45) is 0. The Morgan fingerprint density at radius 2 is 1.83 bits per heavy atom. The Kier molecular flexibility index (Phi) is 2.03. The molecule has 2 heteroatoms. The van der Waals surface area contributed by atoms with E-state index in [0.29, 0.717) is 14.5 Å². The van der Waals surface area contributed by atoms with Gasteiger partial charge >= 0.3 is 77.3 Å². The van der Waals surface area contributed by atoms with Gasteiger partial charge in [0.05, 0.1) is 0 Å². The topological polar surface area (TPSA) is 26.0 Å². The fraction of sp³-hybridized carbons (Fsp3) is 0. The summed E-state index contributed by atoms with van der Waals surface area (Å²) in [6.45, 7) is 0. The Bertz CT molecular complexity index is 364. The molecule has 60 valence electrons. The molecule has 0 spiro atoms. The van der Waals surface area contributed by atoms with Gasteiger partial charge in [0.15, 0.2) is 0 Å². The van der Waals surface area contributed by atoms with Gasteiger partial charge in [-0.05, 0) is 0 Å². The van der Waals surface area contributed by atoms with Crippen LogP contribution in [0.1, 0.15) is 0 Å². The van der Waals surface area contributed by atoms with Crippen molar-refractivity contribution in [3.8, 4) is 10.0 Å². The van der Waals surface area contributed by atoms with E-state index in [1.54, 1.807) is 0 Å². The minimum atomic E-state index is 0.436. The molecular weight excluding hydrogens is 213 g/mol. The van der Waals surface area contributed by atoms with E-state index in [1.807, 2.05) is 6.07 Å². The molecule has 2 aromatic rings. The summed E-state index contributed by atoms with van der Waals surface area (Å²) in [5.74, 6) is 0. The number of nitrogens with two attached hydrogens (primary N) is 1. The third kappa shape index (κ3) is 1.45. The van der Waals surface area contributed by atoms with Gasteiger partial charge < -0.3 is 0 Å². The molecule has 0 aliphatic carbocycles. The van der Waals surface area contributed by atoms with Crippen molar-refractivity contribution in [1.29, 1.82) is 0 Å². The van der Waals surface area contributed by atoms with Crippen molar-refractivity contribution in [3.05, 3.63) is 41.3 Å². The zero-order valence-electron chi connectivity index (χ0n) is 6.53. The van der Waals surface area contributed by atoms with Gasteiger partial charge in [-0.2, -0.15) is 0 Å². The zero-order valence-corrected chi connectivity index (χ0v) is 8.24. The molecule has 1 heterocycles. The molecule has 0 amide bonds. The van der Waals surface area contributed by atoms with Crippen molar-refractivity contribution < 1.29 is 0 Å². The average Bonchev–Trinajstić information content (AvgIpc) is 2.54. The van der Waals surface area contributed by atoms with Crippen LogP contribution in [0.5, 0.6) is 0 Å². The molecule has 2 N–H and O–H groups in total. The summed E-state index contributed by atoms with van der Waals surface area (Å²) < 4.78 is 1.38. The van der Waals surface area contributed by atoms with Crippen LogP contribution in [0, 0.1) is 0 Å². The standard InChI is InChI=1S/C10H9NSe/c11-9-6-10(12-7-9)8-4-2-1-3-5-8/h1-7H,11H2. The number of hydrogen-bond acceptors (Lipinski definition) is 1. The van der Waals surface area contributed by atoms with Gasteiger partial charge in [-0.25, -0.2) is 0 Å². The Morgan fingerprint density at radius 1 is 1.08 bits per heavy atom. The van der Waals surface area contributed by atoms with Gasteiger partial charge in [0.1, 0.15) is 0 Å². The van der Waals surface area contributed by atoms with Gasteiger partial charge in [0, 0.05) is 0 Å². The second-order valence-corrected chi connectivity index (χ2v) is 4.52. The van der Waals surface area contributed by atoms with Crippen LogP contribution in [-0.4, -0.2) is 14.5 Å². The predicted molar refractivity (Wildman–Crippen MR) is 53.2 cm³/mol. The summed E-state index contributed by atoms with van der Waals surface area (Å²) >= 11 is 0.436. The number of benzene rings is 1. The molecular formula is C10H9NSe. The normalized spacial score (nSPS) is 10.0. The zero-order chi connectivity index (χ0) is 8.39. The van der Waals surface area contributed by atoms with E-state index in [1.165, 1.54) is 10.0 Å². The Balaban J connectivity index is 2.45. The van der Waals surface area contributed by atoms with Gasteiger partial charge in [-0.1, -0.05) is 0 Å². The molecule has 0 aliphatic heterocycles. The van der Waals surface area contributed by atoms with Crippen molar-refractivity contribution in [2.45, 2.75) is 0 Å². The Labute approximate surface area is 77.6 Å². The van der Waals surface area contributed by atoms with E-state index < -0.39 is 0 Å².